The first-order chi connectivity index (χ1) is 15.7. The van der Waals surface area contributed by atoms with Gasteiger partial charge in [0.1, 0.15) is 16.1 Å². The Hall–Kier alpha value is -2.36. The Labute approximate surface area is 204 Å². The molecular weight excluding hydrogens is 459 g/mol. The number of hydrogen-bond acceptors (Lipinski definition) is 2. The van der Waals surface area contributed by atoms with Crippen molar-refractivity contribution in [1.29, 1.82) is 0 Å². The lowest BCUT2D eigenvalue weighted by atomic mass is 10.2. The van der Waals surface area contributed by atoms with Crippen molar-refractivity contribution in [2.75, 3.05) is 0 Å². The van der Waals surface area contributed by atoms with Crippen LogP contribution in [0.2, 0.25) is 36.3 Å². The van der Waals surface area contributed by atoms with E-state index in [0.29, 0.717) is 0 Å². The molecule has 1 rings (SSSR count). The van der Waals surface area contributed by atoms with Crippen LogP contribution in [0.5, 0.6) is 0 Å². The van der Waals surface area contributed by atoms with E-state index < -0.39 is 26.2 Å². The van der Waals surface area contributed by atoms with Gasteiger partial charge in [-0.3, -0.25) is 0 Å². The van der Waals surface area contributed by atoms with Crippen molar-refractivity contribution in [2.45, 2.75) is 89.6 Å². The summed E-state index contributed by atoms with van der Waals surface area (Å²) in [5, 5.41) is 0. The Balaban J connectivity index is 3.45. The van der Waals surface area contributed by atoms with E-state index in [1.165, 1.54) is 0 Å². The van der Waals surface area contributed by atoms with Gasteiger partial charge in [-0.25, -0.2) is 0 Å². The van der Waals surface area contributed by atoms with Crippen LogP contribution < -0.4 is 0 Å². The molecular formula is C27H37NO2SSi2. The Morgan fingerprint density at radius 2 is 1.03 bits per heavy atom. The van der Waals surface area contributed by atoms with Crippen LogP contribution in [0.15, 0.2) is 29.2 Å². The summed E-state index contributed by atoms with van der Waals surface area (Å²) >= 11 is 0. The lowest BCUT2D eigenvalue weighted by Crippen LogP contribution is -2.29. The summed E-state index contributed by atoms with van der Waals surface area (Å²) in [5.74, 6) is 11.4. The third-order valence-corrected chi connectivity index (χ3v) is 17.7. The first-order valence-electron chi connectivity index (χ1n) is 11.9. The number of nitrogens with zero attached hydrogens (tertiary/aromatic N) is 1. The maximum atomic E-state index is 13.2. The SMILES string of the molecule is CC[Si](C#CC#CN(C#CC#C[Si](CC)(CC)CC)S(=O)(=O)c1ccc(C)cc1)(CC)CC. The fraction of sp³-hybridized carbons (Fsp3) is 0.481. The largest absolute Gasteiger partial charge is 0.282 e. The molecule has 1 aromatic carbocycles. The predicted octanol–water partition coefficient (Wildman–Crippen LogP) is 6.01. The quantitative estimate of drug-likeness (QED) is 0.252. The molecule has 0 fully saturated rings. The number of sulfonamides is 1. The highest BCUT2D eigenvalue weighted by Crippen LogP contribution is 2.19. The summed E-state index contributed by atoms with van der Waals surface area (Å²) in [4.78, 5) is 0.149. The zero-order chi connectivity index (χ0) is 25.0. The summed E-state index contributed by atoms with van der Waals surface area (Å²) in [5.41, 5.74) is 7.72. The van der Waals surface area contributed by atoms with E-state index >= 15 is 0 Å². The molecule has 0 saturated heterocycles. The zero-order valence-corrected chi connectivity index (χ0v) is 24.0. The molecule has 0 unspecified atom stereocenters. The van der Waals surface area contributed by atoms with E-state index in [4.69, 9.17) is 0 Å². The number of benzene rings is 1. The Bertz CT molecular complexity index is 1060. The maximum absolute atomic E-state index is 13.2. The smallest absolute Gasteiger partial charge is 0.199 e. The van der Waals surface area contributed by atoms with Crippen LogP contribution in [-0.2, 0) is 10.0 Å². The Morgan fingerprint density at radius 3 is 1.36 bits per heavy atom. The minimum Gasteiger partial charge on any atom is -0.199 e. The molecule has 6 heteroatoms. The standard InChI is InChI=1S/C27H37NO2SSi2/c1-8-32(9-2,10-3)24-16-14-22-28(23-15-17-25-33(11-4,12-5)13-6)31(29,30)27-20-18-26(7)19-21-27/h18-21H,8-13H2,1-7H3. The van der Waals surface area contributed by atoms with Crippen molar-refractivity contribution < 1.29 is 8.42 Å². The first kappa shape index (κ1) is 28.7. The fourth-order valence-electron chi connectivity index (χ4n) is 3.48. The van der Waals surface area contributed by atoms with Gasteiger partial charge < -0.3 is 0 Å². The number of rotatable bonds is 8. The van der Waals surface area contributed by atoms with E-state index in [2.05, 4.69) is 88.4 Å². The maximum Gasteiger partial charge on any atom is 0.282 e. The predicted molar refractivity (Wildman–Crippen MR) is 146 cm³/mol. The molecule has 0 amide bonds. The molecule has 0 N–H and O–H groups in total. The van der Waals surface area contributed by atoms with Crippen LogP contribution in [0.4, 0.5) is 0 Å². The summed E-state index contributed by atoms with van der Waals surface area (Å²) in [6, 6.07) is 18.4. The molecule has 3 nitrogen and oxygen atoms in total. The molecule has 176 valence electrons. The Morgan fingerprint density at radius 1 is 0.667 bits per heavy atom. The topological polar surface area (TPSA) is 37.4 Å². The summed E-state index contributed by atoms with van der Waals surface area (Å²) in [7, 11) is -7.22. The highest BCUT2D eigenvalue weighted by atomic mass is 32.2. The van der Waals surface area contributed by atoms with E-state index in [1.807, 2.05) is 6.92 Å². The van der Waals surface area contributed by atoms with E-state index in [0.717, 1.165) is 46.1 Å². The second-order valence-electron chi connectivity index (χ2n) is 8.24. The van der Waals surface area contributed by atoms with Crippen molar-refractivity contribution in [3.8, 4) is 46.9 Å². The normalized spacial score (nSPS) is 10.9. The monoisotopic (exact) mass is 495 g/mol. The molecule has 0 aliphatic rings. The average molecular weight is 496 g/mol. The van der Waals surface area contributed by atoms with Gasteiger partial charge in [-0.1, -0.05) is 59.2 Å². The molecule has 0 aromatic heterocycles. The minimum atomic E-state index is -3.91. The van der Waals surface area contributed by atoms with Gasteiger partial charge in [0.05, 0.1) is 17.0 Å². The molecule has 1 aromatic rings. The van der Waals surface area contributed by atoms with Gasteiger partial charge in [0.25, 0.3) is 10.0 Å². The lowest BCUT2D eigenvalue weighted by Gasteiger charge is -2.19. The molecule has 0 heterocycles. The van der Waals surface area contributed by atoms with Gasteiger partial charge in [0.2, 0.25) is 0 Å². The molecule has 0 bridgehead atoms. The molecule has 0 aliphatic heterocycles. The highest BCUT2D eigenvalue weighted by molar-refractivity contribution is 7.89. The summed E-state index contributed by atoms with van der Waals surface area (Å²) in [6.07, 6.45) is 0. The zero-order valence-electron chi connectivity index (χ0n) is 21.2. The van der Waals surface area contributed by atoms with Crippen LogP contribution in [-0.4, -0.2) is 28.9 Å². The highest BCUT2D eigenvalue weighted by Gasteiger charge is 2.25. The van der Waals surface area contributed by atoms with Crippen molar-refractivity contribution in [3.63, 3.8) is 0 Å². The third kappa shape index (κ3) is 7.87. The minimum absolute atomic E-state index is 0.149. The van der Waals surface area contributed by atoms with Crippen molar-refractivity contribution >= 4 is 26.2 Å². The van der Waals surface area contributed by atoms with Crippen LogP contribution in [0.25, 0.3) is 0 Å². The van der Waals surface area contributed by atoms with Gasteiger partial charge in [-0.15, -0.1) is 15.4 Å². The molecule has 0 saturated carbocycles. The second kappa shape index (κ2) is 13.4. The summed E-state index contributed by atoms with van der Waals surface area (Å²) < 4.78 is 27.3. The van der Waals surface area contributed by atoms with Crippen molar-refractivity contribution in [2.24, 2.45) is 0 Å². The molecule has 0 spiro atoms. The van der Waals surface area contributed by atoms with Crippen LogP contribution in [0, 0.1) is 53.8 Å². The van der Waals surface area contributed by atoms with Gasteiger partial charge in [-0.2, -0.15) is 8.42 Å². The van der Waals surface area contributed by atoms with E-state index in [-0.39, 0.29) is 4.90 Å². The van der Waals surface area contributed by atoms with Gasteiger partial charge in [0, 0.05) is 11.8 Å². The first-order valence-corrected chi connectivity index (χ1v) is 18.5. The second-order valence-corrected chi connectivity index (χ2v) is 19.9. The molecule has 0 aliphatic carbocycles. The lowest BCUT2D eigenvalue weighted by molar-refractivity contribution is 0.563. The molecule has 0 atom stereocenters. The van der Waals surface area contributed by atoms with Crippen LogP contribution in [0.3, 0.4) is 0 Å². The Kier molecular flexibility index (Phi) is 11.6. The third-order valence-electron chi connectivity index (χ3n) is 6.72. The van der Waals surface area contributed by atoms with Crippen LogP contribution in [0.1, 0.15) is 47.1 Å². The average Bonchev–Trinajstić information content (AvgIpc) is 2.84. The van der Waals surface area contributed by atoms with Crippen molar-refractivity contribution in [1.82, 2.24) is 4.31 Å². The van der Waals surface area contributed by atoms with Crippen LogP contribution >= 0.6 is 0 Å². The molecule has 0 radical (unpaired) electrons. The van der Waals surface area contributed by atoms with Gasteiger partial charge >= 0.3 is 0 Å². The fourth-order valence-corrected chi connectivity index (χ4v) is 9.22. The van der Waals surface area contributed by atoms with Crippen molar-refractivity contribution in [3.05, 3.63) is 29.8 Å². The van der Waals surface area contributed by atoms with E-state index in [9.17, 15) is 8.42 Å². The number of aryl methyl sites for hydroxylation is 1. The van der Waals surface area contributed by atoms with Gasteiger partial charge in [-0.05, 0) is 67.2 Å². The number of hydrogen-bond donors (Lipinski definition) is 0. The van der Waals surface area contributed by atoms with E-state index in [1.54, 1.807) is 24.3 Å². The van der Waals surface area contributed by atoms with Gasteiger partial charge in [0.15, 0.2) is 0 Å². The summed E-state index contributed by atoms with van der Waals surface area (Å²) in [6.45, 7) is 14.9. The molecule has 33 heavy (non-hydrogen) atoms.